The Kier molecular flexibility index (Phi) is 7.12. The van der Waals surface area contributed by atoms with Crippen LogP contribution in [-0.2, 0) is 4.79 Å². The lowest BCUT2D eigenvalue weighted by Crippen LogP contribution is -2.49. The van der Waals surface area contributed by atoms with Crippen LogP contribution in [0.5, 0.6) is 0 Å². The molecule has 27 heavy (non-hydrogen) atoms. The number of amides is 1. The molecule has 150 valence electrons. The van der Waals surface area contributed by atoms with Gasteiger partial charge in [0.2, 0.25) is 5.91 Å². The third-order valence-corrected chi connectivity index (χ3v) is 5.94. The maximum atomic E-state index is 12.2. The number of guanidine groups is 1. The van der Waals surface area contributed by atoms with Crippen molar-refractivity contribution in [2.24, 2.45) is 10.9 Å². The molecule has 0 bridgehead atoms. The largest absolute Gasteiger partial charge is 0.356 e. The first-order valence-electron chi connectivity index (χ1n) is 10.4. The van der Waals surface area contributed by atoms with Gasteiger partial charge in [0.15, 0.2) is 5.96 Å². The van der Waals surface area contributed by atoms with Crippen LogP contribution in [-0.4, -0.2) is 59.0 Å². The van der Waals surface area contributed by atoms with Crippen LogP contribution in [0.25, 0.3) is 0 Å². The molecule has 3 rings (SSSR count). The molecule has 7 nitrogen and oxygen atoms in total. The highest BCUT2D eigenvalue weighted by Gasteiger charge is 2.28. The van der Waals surface area contributed by atoms with E-state index in [0.717, 1.165) is 38.3 Å². The van der Waals surface area contributed by atoms with E-state index in [1.54, 1.807) is 0 Å². The summed E-state index contributed by atoms with van der Waals surface area (Å²) in [4.78, 5) is 23.1. The van der Waals surface area contributed by atoms with Crippen LogP contribution in [0.2, 0.25) is 0 Å². The molecule has 7 heteroatoms. The average Bonchev–Trinajstić information content (AvgIpc) is 3.21. The molecule has 1 aliphatic carbocycles. The monoisotopic (exact) mass is 374 g/mol. The van der Waals surface area contributed by atoms with Crippen LogP contribution in [0, 0.1) is 5.92 Å². The fraction of sp³-hybridized carbons (Fsp3) is 0.750. The van der Waals surface area contributed by atoms with E-state index in [9.17, 15) is 4.79 Å². The quantitative estimate of drug-likeness (QED) is 0.612. The average molecular weight is 375 g/mol. The summed E-state index contributed by atoms with van der Waals surface area (Å²) in [5.41, 5.74) is 0. The summed E-state index contributed by atoms with van der Waals surface area (Å²) in [7, 11) is 1.81. The molecule has 2 N–H and O–H groups in total. The molecular formula is C20H34N6O. The van der Waals surface area contributed by atoms with Crippen molar-refractivity contribution < 1.29 is 4.79 Å². The number of likely N-dealkylation sites (tertiary alicyclic amines) is 1. The maximum Gasteiger partial charge on any atom is 0.221 e. The predicted octanol–water partition coefficient (Wildman–Crippen LogP) is 2.18. The van der Waals surface area contributed by atoms with Gasteiger partial charge in [-0.05, 0) is 25.2 Å². The Hall–Kier alpha value is -2.05. The van der Waals surface area contributed by atoms with Crippen molar-refractivity contribution in [2.75, 3.05) is 26.7 Å². The summed E-state index contributed by atoms with van der Waals surface area (Å²) in [5.74, 6) is 1.64. The molecular weight excluding hydrogens is 340 g/mol. The Morgan fingerprint density at radius 1 is 1.26 bits per heavy atom. The summed E-state index contributed by atoms with van der Waals surface area (Å²) in [5, 5.41) is 6.56. The van der Waals surface area contributed by atoms with E-state index in [1.807, 2.05) is 25.8 Å². The molecule has 0 aromatic carbocycles. The van der Waals surface area contributed by atoms with Gasteiger partial charge in [-0.15, -0.1) is 0 Å². The van der Waals surface area contributed by atoms with Crippen molar-refractivity contribution in [3.8, 4) is 0 Å². The first-order chi connectivity index (χ1) is 13.2. The number of hydrogen-bond donors (Lipinski definition) is 2. The number of nitrogens with one attached hydrogen (secondary N) is 2. The summed E-state index contributed by atoms with van der Waals surface area (Å²) in [6.45, 7) is 4.81. The van der Waals surface area contributed by atoms with Crippen LogP contribution in [0.15, 0.2) is 23.7 Å². The van der Waals surface area contributed by atoms with Crippen molar-refractivity contribution in [2.45, 2.75) is 64.0 Å². The molecule has 2 atom stereocenters. The zero-order valence-electron chi connectivity index (χ0n) is 16.7. The number of hydrogen-bond acceptors (Lipinski definition) is 3. The van der Waals surface area contributed by atoms with E-state index >= 15 is 0 Å². The van der Waals surface area contributed by atoms with Crippen molar-refractivity contribution >= 4 is 11.9 Å². The fourth-order valence-corrected chi connectivity index (χ4v) is 4.26. The Morgan fingerprint density at radius 2 is 2.07 bits per heavy atom. The van der Waals surface area contributed by atoms with Gasteiger partial charge in [0, 0.05) is 51.5 Å². The molecule has 2 heterocycles. The highest BCUT2D eigenvalue weighted by molar-refractivity contribution is 5.81. The van der Waals surface area contributed by atoms with Gasteiger partial charge in [0.1, 0.15) is 0 Å². The Morgan fingerprint density at radius 3 is 2.78 bits per heavy atom. The van der Waals surface area contributed by atoms with Gasteiger partial charge in [-0.2, -0.15) is 0 Å². The molecule has 2 fully saturated rings. The van der Waals surface area contributed by atoms with Gasteiger partial charge in [0.05, 0.1) is 12.4 Å². The molecule has 1 aromatic heterocycles. The third-order valence-electron chi connectivity index (χ3n) is 5.94. The van der Waals surface area contributed by atoms with Gasteiger partial charge in [-0.25, -0.2) is 4.98 Å². The minimum Gasteiger partial charge on any atom is -0.356 e. The molecule has 2 aliphatic rings. The molecule has 2 unspecified atom stereocenters. The first-order valence-corrected chi connectivity index (χ1v) is 10.4. The lowest BCUT2D eigenvalue weighted by molar-refractivity contribution is -0.121. The van der Waals surface area contributed by atoms with Crippen LogP contribution >= 0.6 is 0 Å². The Balaban J connectivity index is 1.45. The van der Waals surface area contributed by atoms with E-state index < -0.39 is 0 Å². The minimum absolute atomic E-state index is 0.147. The lowest BCUT2D eigenvalue weighted by atomic mass is 9.93. The van der Waals surface area contributed by atoms with Crippen molar-refractivity contribution in [1.29, 1.82) is 0 Å². The second-order valence-corrected chi connectivity index (χ2v) is 7.92. The lowest BCUT2D eigenvalue weighted by Gasteiger charge is -2.39. The smallest absolute Gasteiger partial charge is 0.221 e. The molecule has 0 radical (unpaired) electrons. The zero-order valence-corrected chi connectivity index (χ0v) is 16.7. The van der Waals surface area contributed by atoms with Crippen molar-refractivity contribution in [3.05, 3.63) is 18.7 Å². The highest BCUT2D eigenvalue weighted by Crippen LogP contribution is 2.27. The third kappa shape index (κ3) is 5.47. The molecule has 1 aliphatic heterocycles. The van der Waals surface area contributed by atoms with Gasteiger partial charge >= 0.3 is 0 Å². The standard InChI is InChI=1S/C20H34N6O/c1-16-9-12-25(14-18(16)26-13-11-22-15-26)20(21-2)23-10-8-19(27)24-17-6-4-3-5-7-17/h11,13,15-18H,3-10,12,14H2,1-2H3,(H,21,23)(H,24,27). The summed E-state index contributed by atoms with van der Waals surface area (Å²) < 4.78 is 2.20. The molecule has 1 amide bonds. The van der Waals surface area contributed by atoms with E-state index in [4.69, 9.17) is 0 Å². The Labute approximate surface area is 162 Å². The van der Waals surface area contributed by atoms with Crippen LogP contribution in [0.4, 0.5) is 0 Å². The number of aliphatic imine (C=N–C) groups is 1. The van der Waals surface area contributed by atoms with Gasteiger partial charge in [-0.1, -0.05) is 26.2 Å². The highest BCUT2D eigenvalue weighted by atomic mass is 16.1. The summed E-state index contributed by atoms with van der Waals surface area (Å²) in [6.07, 6.45) is 13.4. The van der Waals surface area contributed by atoms with Crippen LogP contribution in [0.1, 0.15) is 57.9 Å². The fourth-order valence-electron chi connectivity index (χ4n) is 4.26. The Bertz CT molecular complexity index is 608. The number of piperidine rings is 1. The van der Waals surface area contributed by atoms with Gasteiger partial charge < -0.3 is 20.1 Å². The number of aromatic nitrogens is 2. The van der Waals surface area contributed by atoms with Gasteiger partial charge in [-0.3, -0.25) is 9.79 Å². The number of carbonyl (C=O) groups is 1. The number of carbonyl (C=O) groups excluding carboxylic acids is 1. The van der Waals surface area contributed by atoms with Gasteiger partial charge in [0.25, 0.3) is 0 Å². The van der Waals surface area contributed by atoms with Crippen LogP contribution < -0.4 is 10.6 Å². The summed E-state index contributed by atoms with van der Waals surface area (Å²) in [6, 6.07) is 0.777. The number of nitrogens with zero attached hydrogens (tertiary/aromatic N) is 4. The number of imidazole rings is 1. The van der Waals surface area contributed by atoms with Crippen molar-refractivity contribution in [3.63, 3.8) is 0 Å². The molecule has 1 saturated carbocycles. The second-order valence-electron chi connectivity index (χ2n) is 7.92. The predicted molar refractivity (Wildman–Crippen MR) is 108 cm³/mol. The topological polar surface area (TPSA) is 74.6 Å². The van der Waals surface area contributed by atoms with E-state index in [2.05, 4.69) is 37.0 Å². The molecule has 1 saturated heterocycles. The molecule has 0 spiro atoms. The zero-order chi connectivity index (χ0) is 19.1. The van der Waals surface area contributed by atoms with E-state index in [0.29, 0.717) is 31.0 Å². The SMILES string of the molecule is CN=C(NCCC(=O)NC1CCCCC1)N1CCC(C)C(n2ccnc2)C1. The van der Waals surface area contributed by atoms with E-state index in [1.165, 1.54) is 19.3 Å². The number of rotatable bonds is 5. The van der Waals surface area contributed by atoms with Crippen molar-refractivity contribution in [1.82, 2.24) is 25.1 Å². The first kappa shape index (κ1) is 19.7. The maximum absolute atomic E-state index is 12.2. The van der Waals surface area contributed by atoms with E-state index in [-0.39, 0.29) is 5.91 Å². The second kappa shape index (κ2) is 9.76. The minimum atomic E-state index is 0.147. The van der Waals surface area contributed by atoms with Crippen LogP contribution in [0.3, 0.4) is 0 Å². The normalized spacial score (nSPS) is 24.7. The molecule has 1 aromatic rings. The summed E-state index contributed by atoms with van der Waals surface area (Å²) >= 11 is 0.